The highest BCUT2D eigenvalue weighted by molar-refractivity contribution is 8.00. The van der Waals surface area contributed by atoms with Crippen molar-refractivity contribution in [2.75, 3.05) is 24.7 Å². The molecule has 1 aliphatic heterocycles. The maximum atomic E-state index is 13.6. The number of nitrogens with zero attached hydrogens (tertiary/aromatic N) is 3. The predicted molar refractivity (Wildman–Crippen MR) is 167 cm³/mol. The second-order valence-corrected chi connectivity index (χ2v) is 11.5. The van der Waals surface area contributed by atoms with Gasteiger partial charge in [0.25, 0.3) is 5.78 Å². The number of aliphatic hydroxyl groups is 1. The van der Waals surface area contributed by atoms with E-state index in [0.717, 1.165) is 5.56 Å². The van der Waals surface area contributed by atoms with Gasteiger partial charge in [0.15, 0.2) is 15.8 Å². The Morgan fingerprint density at radius 1 is 0.884 bits per heavy atom. The Balaban J connectivity index is 1.58. The smallest absolute Gasteiger partial charge is 0.301 e. The van der Waals surface area contributed by atoms with E-state index in [0.29, 0.717) is 58.3 Å². The number of ketones is 1. The van der Waals surface area contributed by atoms with Gasteiger partial charge in [-0.3, -0.25) is 14.5 Å². The van der Waals surface area contributed by atoms with Crippen molar-refractivity contribution in [2.24, 2.45) is 0 Å². The van der Waals surface area contributed by atoms with Crippen LogP contribution in [0.5, 0.6) is 17.2 Å². The molecule has 5 rings (SSSR count). The molecule has 1 N–H and O–H groups in total. The summed E-state index contributed by atoms with van der Waals surface area (Å²) in [6.45, 7) is 6.91. The lowest BCUT2D eigenvalue weighted by Crippen LogP contribution is -2.29. The Labute approximate surface area is 258 Å². The molecule has 11 heteroatoms. The van der Waals surface area contributed by atoms with E-state index in [1.54, 1.807) is 42.5 Å². The zero-order valence-corrected chi connectivity index (χ0v) is 25.6. The molecule has 1 unspecified atom stereocenters. The summed E-state index contributed by atoms with van der Waals surface area (Å²) in [6, 6.07) is 20.9. The van der Waals surface area contributed by atoms with Crippen LogP contribution in [0.3, 0.4) is 0 Å². The van der Waals surface area contributed by atoms with Crippen LogP contribution in [0.25, 0.3) is 5.76 Å². The first-order valence-corrected chi connectivity index (χ1v) is 15.7. The minimum Gasteiger partial charge on any atom is -0.507 e. The van der Waals surface area contributed by atoms with Crippen LogP contribution in [0, 0.1) is 0 Å². The van der Waals surface area contributed by atoms with Gasteiger partial charge in [-0.1, -0.05) is 59.5 Å². The molecule has 0 aliphatic carbocycles. The van der Waals surface area contributed by atoms with Gasteiger partial charge in [0.1, 0.15) is 11.5 Å². The van der Waals surface area contributed by atoms with Crippen LogP contribution in [0.1, 0.15) is 43.5 Å². The molecule has 9 nitrogen and oxygen atoms in total. The Hall–Kier alpha value is -4.35. The van der Waals surface area contributed by atoms with Crippen molar-refractivity contribution in [2.45, 2.75) is 36.9 Å². The van der Waals surface area contributed by atoms with Gasteiger partial charge in [0.2, 0.25) is 5.13 Å². The number of aliphatic hydroxyl groups excluding tert-OH is 1. The molecular weight excluding hydrogens is 587 g/mol. The van der Waals surface area contributed by atoms with Gasteiger partial charge in [0.05, 0.1) is 31.4 Å². The molecule has 3 aromatic carbocycles. The van der Waals surface area contributed by atoms with Crippen molar-refractivity contribution in [1.29, 1.82) is 0 Å². The second kappa shape index (κ2) is 13.7. The lowest BCUT2D eigenvalue weighted by atomic mass is 9.95. The van der Waals surface area contributed by atoms with E-state index in [9.17, 15) is 14.7 Å². The number of hydrogen-bond acceptors (Lipinski definition) is 10. The number of carbonyl (C=O) groups is 2. The van der Waals surface area contributed by atoms with Gasteiger partial charge in [0, 0.05) is 11.3 Å². The third kappa shape index (κ3) is 6.52. The maximum Gasteiger partial charge on any atom is 0.301 e. The molecule has 2 heterocycles. The number of carbonyl (C=O) groups excluding carboxylic acids is 2. The molecule has 0 saturated carbocycles. The summed E-state index contributed by atoms with van der Waals surface area (Å²) >= 11 is 2.70. The normalized spacial score (nSPS) is 16.0. The summed E-state index contributed by atoms with van der Waals surface area (Å²) in [5.74, 6) is 0.364. The number of amides is 1. The SMILES string of the molecule is CCOc1ccc(C(O)=C2C(=O)C(=O)N(c3nnc(SCc4ccccc4)s3)C2c2ccc(OCC)c(OCC)c2)cc1. The molecule has 1 fully saturated rings. The van der Waals surface area contributed by atoms with E-state index < -0.39 is 17.7 Å². The molecule has 0 radical (unpaired) electrons. The zero-order valence-electron chi connectivity index (χ0n) is 24.0. The quantitative estimate of drug-likeness (QED) is 0.0614. The fourth-order valence-corrected chi connectivity index (χ4v) is 6.52. The summed E-state index contributed by atoms with van der Waals surface area (Å²) in [6.07, 6.45) is 0. The zero-order chi connectivity index (χ0) is 30.3. The highest BCUT2D eigenvalue weighted by atomic mass is 32.2. The van der Waals surface area contributed by atoms with Gasteiger partial charge in [-0.2, -0.15) is 0 Å². The van der Waals surface area contributed by atoms with Crippen molar-refractivity contribution in [3.8, 4) is 17.2 Å². The first-order chi connectivity index (χ1) is 20.9. The largest absolute Gasteiger partial charge is 0.507 e. The highest BCUT2D eigenvalue weighted by Gasteiger charge is 2.48. The molecule has 43 heavy (non-hydrogen) atoms. The summed E-state index contributed by atoms with van der Waals surface area (Å²) in [5.41, 5.74) is 1.98. The predicted octanol–water partition coefficient (Wildman–Crippen LogP) is 6.65. The van der Waals surface area contributed by atoms with Crippen molar-refractivity contribution < 1.29 is 28.9 Å². The fourth-order valence-electron chi connectivity index (χ4n) is 4.69. The van der Waals surface area contributed by atoms with Crippen LogP contribution < -0.4 is 19.1 Å². The van der Waals surface area contributed by atoms with Crippen LogP contribution in [0.15, 0.2) is 82.7 Å². The van der Waals surface area contributed by atoms with E-state index in [-0.39, 0.29) is 16.5 Å². The lowest BCUT2D eigenvalue weighted by Gasteiger charge is -2.23. The number of aromatic nitrogens is 2. The number of ether oxygens (including phenoxy) is 3. The monoisotopic (exact) mass is 617 g/mol. The molecular formula is C32H31N3O6S2. The Kier molecular flexibility index (Phi) is 9.63. The molecule has 1 aliphatic rings. The van der Waals surface area contributed by atoms with E-state index in [2.05, 4.69) is 10.2 Å². The van der Waals surface area contributed by atoms with Crippen LogP contribution in [0.2, 0.25) is 0 Å². The van der Waals surface area contributed by atoms with Gasteiger partial charge in [-0.25, -0.2) is 0 Å². The van der Waals surface area contributed by atoms with Crippen LogP contribution in [-0.4, -0.2) is 46.8 Å². The van der Waals surface area contributed by atoms with Gasteiger partial charge in [-0.15, -0.1) is 10.2 Å². The summed E-state index contributed by atoms with van der Waals surface area (Å²) in [7, 11) is 0. The maximum absolute atomic E-state index is 13.6. The van der Waals surface area contributed by atoms with Crippen molar-refractivity contribution in [3.63, 3.8) is 0 Å². The summed E-state index contributed by atoms with van der Waals surface area (Å²) in [5, 5.41) is 20.3. The number of benzene rings is 3. The third-order valence-corrected chi connectivity index (χ3v) is 8.70. The Morgan fingerprint density at radius 2 is 1.58 bits per heavy atom. The minimum absolute atomic E-state index is 0.0607. The number of thioether (sulfide) groups is 1. The van der Waals surface area contributed by atoms with Crippen LogP contribution in [0.4, 0.5) is 5.13 Å². The fraction of sp³-hybridized carbons (Fsp3) is 0.250. The molecule has 222 valence electrons. The number of hydrogen-bond donors (Lipinski definition) is 1. The van der Waals surface area contributed by atoms with Crippen molar-refractivity contribution >= 4 is 45.7 Å². The first-order valence-electron chi connectivity index (χ1n) is 13.9. The van der Waals surface area contributed by atoms with Crippen LogP contribution in [-0.2, 0) is 15.3 Å². The molecule has 4 aromatic rings. The molecule has 0 spiro atoms. The van der Waals surface area contributed by atoms with Gasteiger partial charge < -0.3 is 19.3 Å². The van der Waals surface area contributed by atoms with Gasteiger partial charge >= 0.3 is 5.91 Å². The van der Waals surface area contributed by atoms with Crippen molar-refractivity contribution in [1.82, 2.24) is 10.2 Å². The average molecular weight is 618 g/mol. The van der Waals surface area contributed by atoms with Crippen molar-refractivity contribution in [3.05, 3.63) is 95.1 Å². The number of anilines is 1. The second-order valence-electron chi connectivity index (χ2n) is 9.32. The van der Waals surface area contributed by atoms with E-state index in [4.69, 9.17) is 14.2 Å². The standard InChI is InChI=1S/C32H31N3O6S2/c1-4-39-23-15-12-21(13-16-23)28(36)26-27(22-14-17-24(40-5-2)25(18-22)41-6-3)35(30(38)29(26)37)31-33-34-32(43-31)42-19-20-10-8-7-9-11-20/h7-18,27,36H,4-6,19H2,1-3H3. The molecule has 1 atom stereocenters. The minimum atomic E-state index is -0.985. The van der Waals surface area contributed by atoms with E-state index in [1.165, 1.54) is 28.0 Å². The van der Waals surface area contributed by atoms with E-state index in [1.807, 2.05) is 51.1 Å². The Morgan fingerprint density at radius 3 is 2.28 bits per heavy atom. The number of Topliss-reactive ketones (excluding diaryl/α,β-unsaturated/α-hetero) is 1. The van der Waals surface area contributed by atoms with E-state index >= 15 is 0 Å². The summed E-state index contributed by atoms with van der Waals surface area (Å²) in [4.78, 5) is 28.6. The first kappa shape index (κ1) is 30.1. The lowest BCUT2D eigenvalue weighted by molar-refractivity contribution is -0.132. The molecule has 0 bridgehead atoms. The third-order valence-electron chi connectivity index (χ3n) is 6.57. The number of rotatable bonds is 12. The molecule has 1 aromatic heterocycles. The molecule has 1 saturated heterocycles. The van der Waals surface area contributed by atoms with Crippen LogP contribution >= 0.6 is 23.1 Å². The topological polar surface area (TPSA) is 111 Å². The average Bonchev–Trinajstić information content (AvgIpc) is 3.59. The van der Waals surface area contributed by atoms with Gasteiger partial charge in [-0.05, 0) is 68.3 Å². The summed E-state index contributed by atoms with van der Waals surface area (Å²) < 4.78 is 17.7. The highest BCUT2D eigenvalue weighted by Crippen LogP contribution is 2.45. The Bertz CT molecular complexity index is 1620. The molecule has 1 amide bonds.